The van der Waals surface area contributed by atoms with Gasteiger partial charge >= 0.3 is 5.97 Å². The standard InChI is InChI=1S/C14H16N2O4S/c17-13(18)8-10-4-3-7-16(9-10)14-11-5-1-2-6-12(11)21(19,20)15-14/h1-2,5-6,10H,3-4,7-9H2,(H,17,18). The number of carbonyl (C=O) groups is 1. The summed E-state index contributed by atoms with van der Waals surface area (Å²) in [6, 6.07) is 6.77. The van der Waals surface area contributed by atoms with E-state index in [4.69, 9.17) is 5.11 Å². The molecule has 2 aliphatic heterocycles. The largest absolute Gasteiger partial charge is 0.481 e. The third-order valence-electron chi connectivity index (χ3n) is 3.89. The molecule has 1 aromatic carbocycles. The number of benzene rings is 1. The summed E-state index contributed by atoms with van der Waals surface area (Å²) in [5.41, 5.74) is 0.619. The minimum Gasteiger partial charge on any atom is -0.481 e. The summed E-state index contributed by atoms with van der Waals surface area (Å²) in [6.45, 7) is 1.24. The Bertz CT molecular complexity index is 711. The summed E-state index contributed by atoms with van der Waals surface area (Å²) < 4.78 is 28.0. The van der Waals surface area contributed by atoms with Crippen molar-refractivity contribution in [1.82, 2.24) is 4.90 Å². The lowest BCUT2D eigenvalue weighted by Gasteiger charge is -2.33. The van der Waals surface area contributed by atoms with Crippen LogP contribution < -0.4 is 0 Å². The average molecular weight is 308 g/mol. The van der Waals surface area contributed by atoms with E-state index in [0.29, 0.717) is 24.5 Å². The van der Waals surface area contributed by atoms with E-state index in [-0.39, 0.29) is 17.2 Å². The number of fused-ring (bicyclic) bond motifs is 1. The number of aliphatic carboxylic acids is 1. The summed E-state index contributed by atoms with van der Waals surface area (Å²) in [6.07, 6.45) is 1.81. The molecule has 21 heavy (non-hydrogen) atoms. The molecule has 0 bridgehead atoms. The normalized spacial score (nSPS) is 23.5. The molecule has 0 amide bonds. The number of amidine groups is 1. The number of likely N-dealkylation sites (tertiary alicyclic amines) is 1. The van der Waals surface area contributed by atoms with Crippen molar-refractivity contribution in [3.05, 3.63) is 29.8 Å². The van der Waals surface area contributed by atoms with Gasteiger partial charge in [-0.2, -0.15) is 8.42 Å². The molecular formula is C14H16N2O4S. The van der Waals surface area contributed by atoms with Crippen molar-refractivity contribution in [3.8, 4) is 0 Å². The fourth-order valence-electron chi connectivity index (χ4n) is 2.99. The van der Waals surface area contributed by atoms with Gasteiger partial charge in [0.25, 0.3) is 10.0 Å². The lowest BCUT2D eigenvalue weighted by molar-refractivity contribution is -0.138. The number of piperidine rings is 1. The number of sulfonamides is 1. The van der Waals surface area contributed by atoms with E-state index in [1.165, 1.54) is 0 Å². The van der Waals surface area contributed by atoms with E-state index in [1.54, 1.807) is 24.3 Å². The van der Waals surface area contributed by atoms with Gasteiger partial charge in [-0.25, -0.2) is 0 Å². The topological polar surface area (TPSA) is 87.0 Å². The molecule has 1 saturated heterocycles. The van der Waals surface area contributed by atoms with Crippen LogP contribution in [0.25, 0.3) is 0 Å². The van der Waals surface area contributed by atoms with Crippen LogP contribution in [0.5, 0.6) is 0 Å². The predicted molar refractivity (Wildman–Crippen MR) is 76.7 cm³/mol. The Morgan fingerprint density at radius 2 is 2.14 bits per heavy atom. The summed E-state index contributed by atoms with van der Waals surface area (Å²) in [5, 5.41) is 8.91. The van der Waals surface area contributed by atoms with E-state index in [1.807, 2.05) is 4.90 Å². The van der Waals surface area contributed by atoms with Gasteiger partial charge in [-0.05, 0) is 30.9 Å². The number of rotatable bonds is 2. The van der Waals surface area contributed by atoms with Crippen LogP contribution in [0, 0.1) is 5.92 Å². The van der Waals surface area contributed by atoms with Crippen molar-refractivity contribution in [2.75, 3.05) is 13.1 Å². The van der Waals surface area contributed by atoms with Crippen LogP contribution >= 0.6 is 0 Å². The van der Waals surface area contributed by atoms with E-state index in [9.17, 15) is 13.2 Å². The first-order chi connectivity index (χ1) is 9.97. The molecule has 0 spiro atoms. The minimum absolute atomic E-state index is 0.0365. The summed E-state index contributed by atoms with van der Waals surface area (Å²) in [4.78, 5) is 13.0. The Balaban J connectivity index is 1.89. The zero-order valence-corrected chi connectivity index (χ0v) is 12.2. The molecule has 7 heteroatoms. The maximum absolute atomic E-state index is 12.1. The summed E-state index contributed by atoms with van der Waals surface area (Å²) >= 11 is 0. The van der Waals surface area contributed by atoms with Gasteiger partial charge in [-0.3, -0.25) is 4.79 Å². The Hall–Kier alpha value is -1.89. The van der Waals surface area contributed by atoms with Gasteiger partial charge in [-0.15, -0.1) is 4.40 Å². The Labute approximate surface area is 123 Å². The third kappa shape index (κ3) is 2.65. The van der Waals surface area contributed by atoms with Gasteiger partial charge in [0.15, 0.2) is 5.84 Å². The van der Waals surface area contributed by atoms with Crippen LogP contribution in [0.4, 0.5) is 0 Å². The first-order valence-corrected chi connectivity index (χ1v) is 8.32. The monoisotopic (exact) mass is 308 g/mol. The number of nitrogens with zero attached hydrogens (tertiary/aromatic N) is 2. The van der Waals surface area contributed by atoms with E-state index < -0.39 is 16.0 Å². The van der Waals surface area contributed by atoms with E-state index >= 15 is 0 Å². The SMILES string of the molecule is O=C(O)CC1CCCN(C2=NS(=O)(=O)c3ccccc32)C1. The molecule has 1 atom stereocenters. The highest BCUT2D eigenvalue weighted by molar-refractivity contribution is 7.90. The van der Waals surface area contributed by atoms with Crippen LogP contribution in [-0.2, 0) is 14.8 Å². The maximum Gasteiger partial charge on any atom is 0.303 e. The van der Waals surface area contributed by atoms with Gasteiger partial charge < -0.3 is 10.0 Å². The molecule has 0 saturated carbocycles. The molecule has 2 aliphatic rings. The van der Waals surface area contributed by atoms with Crippen LogP contribution in [0.2, 0.25) is 0 Å². The number of carboxylic acid groups (broad SMARTS) is 1. The molecule has 112 valence electrons. The zero-order chi connectivity index (χ0) is 15.0. The smallest absolute Gasteiger partial charge is 0.303 e. The fraction of sp³-hybridized carbons (Fsp3) is 0.429. The molecular weight excluding hydrogens is 292 g/mol. The Kier molecular flexibility index (Phi) is 3.44. The molecule has 1 N–H and O–H groups in total. The molecule has 0 aromatic heterocycles. The van der Waals surface area contributed by atoms with Crippen molar-refractivity contribution in [1.29, 1.82) is 0 Å². The zero-order valence-electron chi connectivity index (χ0n) is 11.4. The van der Waals surface area contributed by atoms with Crippen molar-refractivity contribution >= 4 is 21.8 Å². The Morgan fingerprint density at radius 3 is 2.90 bits per heavy atom. The van der Waals surface area contributed by atoms with Gasteiger partial charge in [0.2, 0.25) is 0 Å². The van der Waals surface area contributed by atoms with Crippen LogP contribution in [0.15, 0.2) is 33.6 Å². The Morgan fingerprint density at radius 1 is 1.38 bits per heavy atom. The molecule has 2 heterocycles. The lowest BCUT2D eigenvalue weighted by atomic mass is 9.94. The lowest BCUT2D eigenvalue weighted by Crippen LogP contribution is -2.40. The van der Waals surface area contributed by atoms with Crippen LogP contribution in [-0.4, -0.2) is 43.3 Å². The molecule has 1 fully saturated rings. The highest BCUT2D eigenvalue weighted by Crippen LogP contribution is 2.30. The van der Waals surface area contributed by atoms with E-state index in [2.05, 4.69) is 4.40 Å². The molecule has 0 radical (unpaired) electrons. The summed E-state index contributed by atoms with van der Waals surface area (Å²) in [5.74, 6) is -0.321. The van der Waals surface area contributed by atoms with Crippen molar-refractivity contribution in [2.45, 2.75) is 24.2 Å². The van der Waals surface area contributed by atoms with Gasteiger partial charge in [0, 0.05) is 25.1 Å². The average Bonchev–Trinajstić information content (AvgIpc) is 2.71. The first-order valence-electron chi connectivity index (χ1n) is 6.88. The van der Waals surface area contributed by atoms with Crippen LogP contribution in [0.1, 0.15) is 24.8 Å². The second-order valence-corrected chi connectivity index (χ2v) is 7.01. The molecule has 6 nitrogen and oxygen atoms in total. The number of carboxylic acids is 1. The van der Waals surface area contributed by atoms with Crippen LogP contribution in [0.3, 0.4) is 0 Å². The highest BCUT2D eigenvalue weighted by atomic mass is 32.2. The van der Waals surface area contributed by atoms with Crippen molar-refractivity contribution in [3.63, 3.8) is 0 Å². The molecule has 1 unspecified atom stereocenters. The molecule has 1 aromatic rings. The molecule has 0 aliphatic carbocycles. The fourth-order valence-corrected chi connectivity index (χ4v) is 4.22. The second kappa shape index (κ2) is 5.14. The maximum atomic E-state index is 12.1. The quantitative estimate of drug-likeness (QED) is 0.890. The van der Waals surface area contributed by atoms with Gasteiger partial charge in [-0.1, -0.05) is 12.1 Å². The second-order valence-electron chi connectivity index (χ2n) is 5.44. The first kappa shape index (κ1) is 14.1. The minimum atomic E-state index is -3.61. The predicted octanol–water partition coefficient (Wildman–Crippen LogP) is 1.32. The van der Waals surface area contributed by atoms with Crippen molar-refractivity contribution in [2.24, 2.45) is 10.3 Å². The summed E-state index contributed by atoms with van der Waals surface area (Å²) in [7, 11) is -3.61. The van der Waals surface area contributed by atoms with Gasteiger partial charge in [0.1, 0.15) is 4.90 Å². The number of hydrogen-bond donors (Lipinski definition) is 1. The van der Waals surface area contributed by atoms with E-state index in [0.717, 1.165) is 12.8 Å². The molecule has 3 rings (SSSR count). The third-order valence-corrected chi connectivity index (χ3v) is 5.22. The highest BCUT2D eigenvalue weighted by Gasteiger charge is 2.33. The number of hydrogen-bond acceptors (Lipinski definition) is 4. The van der Waals surface area contributed by atoms with Crippen molar-refractivity contribution < 1.29 is 18.3 Å². The van der Waals surface area contributed by atoms with Gasteiger partial charge in [0.05, 0.1) is 0 Å².